The number of nitrogens with one attached hydrogen (secondary N) is 1. The molecule has 2 heterocycles. The molecule has 0 radical (unpaired) electrons. The molecule has 0 aromatic rings. The summed E-state index contributed by atoms with van der Waals surface area (Å²) in [7, 11) is 0. The van der Waals surface area contributed by atoms with E-state index in [1.54, 1.807) is 0 Å². The van der Waals surface area contributed by atoms with Crippen LogP contribution in [0.3, 0.4) is 0 Å². The van der Waals surface area contributed by atoms with Crippen molar-refractivity contribution in [2.75, 3.05) is 6.54 Å². The molecule has 2 saturated heterocycles. The third kappa shape index (κ3) is 2.09. The molecule has 1 N–H and O–H groups in total. The van der Waals surface area contributed by atoms with Gasteiger partial charge in [-0.25, -0.2) is 0 Å². The third-order valence-electron chi connectivity index (χ3n) is 4.00. The Bertz CT molecular complexity index is 144. The van der Waals surface area contributed by atoms with Crippen molar-refractivity contribution in [1.29, 1.82) is 0 Å². The first-order chi connectivity index (χ1) is 6.42. The maximum absolute atomic E-state index is 3.70. The lowest BCUT2D eigenvalue weighted by Gasteiger charge is -2.25. The van der Waals surface area contributed by atoms with Gasteiger partial charge in [0.15, 0.2) is 6.71 Å². The minimum Gasteiger partial charge on any atom is -0.321 e. The Hall–Kier alpha value is 0.0249. The molecular weight excluding hydrogens is 157 g/mol. The van der Waals surface area contributed by atoms with Crippen molar-refractivity contribution in [3.05, 3.63) is 0 Å². The van der Waals surface area contributed by atoms with E-state index in [0.29, 0.717) is 0 Å². The van der Waals surface area contributed by atoms with Gasteiger partial charge in [-0.2, -0.15) is 0 Å². The minimum atomic E-state index is 0.899. The van der Waals surface area contributed by atoms with Crippen LogP contribution in [0.5, 0.6) is 0 Å². The third-order valence-corrected chi connectivity index (χ3v) is 4.00. The maximum atomic E-state index is 3.70. The largest absolute Gasteiger partial charge is 0.321 e. The predicted molar refractivity (Wildman–Crippen MR) is 59.5 cm³/mol. The van der Waals surface area contributed by atoms with Crippen LogP contribution in [0, 0.1) is 0 Å². The van der Waals surface area contributed by atoms with Crippen molar-refractivity contribution >= 4 is 6.71 Å². The van der Waals surface area contributed by atoms with Crippen LogP contribution in [0.4, 0.5) is 0 Å². The summed E-state index contributed by atoms with van der Waals surface area (Å²) in [6, 6.07) is 0. The van der Waals surface area contributed by atoms with E-state index in [9.17, 15) is 0 Å². The van der Waals surface area contributed by atoms with Crippen molar-refractivity contribution in [3.8, 4) is 0 Å². The second-order valence-corrected chi connectivity index (χ2v) is 4.87. The van der Waals surface area contributed by atoms with E-state index in [4.69, 9.17) is 0 Å². The highest BCUT2D eigenvalue weighted by Gasteiger charge is 2.40. The van der Waals surface area contributed by atoms with Gasteiger partial charge < -0.3 is 5.32 Å². The van der Waals surface area contributed by atoms with Gasteiger partial charge in [-0.1, -0.05) is 45.3 Å². The molecule has 2 bridgehead atoms. The first-order valence-electron chi connectivity index (χ1n) is 6.15. The highest BCUT2D eigenvalue weighted by atomic mass is 14.9. The Balaban J connectivity index is 1.78. The van der Waals surface area contributed by atoms with Crippen LogP contribution in [0.2, 0.25) is 12.1 Å². The van der Waals surface area contributed by atoms with Crippen molar-refractivity contribution in [2.24, 2.45) is 0 Å². The van der Waals surface area contributed by atoms with Crippen LogP contribution in [-0.2, 0) is 0 Å². The topological polar surface area (TPSA) is 12.0 Å². The zero-order valence-electron chi connectivity index (χ0n) is 8.89. The number of hydrogen-bond acceptors (Lipinski definition) is 1. The summed E-state index contributed by atoms with van der Waals surface area (Å²) in [6.45, 7) is 4.66. The molecule has 0 saturated carbocycles. The number of fused-ring (bicyclic) bond motifs is 2. The Labute approximate surface area is 82.7 Å². The van der Waals surface area contributed by atoms with Gasteiger partial charge in [0.25, 0.3) is 0 Å². The number of rotatable bonds is 4. The molecule has 2 aliphatic heterocycles. The van der Waals surface area contributed by atoms with E-state index in [0.717, 1.165) is 18.5 Å². The van der Waals surface area contributed by atoms with Gasteiger partial charge in [-0.3, -0.25) is 0 Å². The van der Waals surface area contributed by atoms with Crippen LogP contribution in [0.15, 0.2) is 0 Å². The normalized spacial score (nSPS) is 32.5. The molecule has 2 heteroatoms. The molecule has 2 fully saturated rings. The van der Waals surface area contributed by atoms with Crippen molar-refractivity contribution in [2.45, 2.75) is 63.5 Å². The van der Waals surface area contributed by atoms with E-state index < -0.39 is 0 Å². The fraction of sp³-hybridized carbons (Fsp3) is 1.00. The minimum absolute atomic E-state index is 0.899. The smallest absolute Gasteiger partial charge is 0.164 e. The first-order valence-corrected chi connectivity index (χ1v) is 6.15. The van der Waals surface area contributed by atoms with Crippen molar-refractivity contribution in [1.82, 2.24) is 5.32 Å². The number of unbranched alkanes of at least 4 members (excludes halogenated alkanes) is 2. The van der Waals surface area contributed by atoms with E-state index in [2.05, 4.69) is 12.2 Å². The highest BCUT2D eigenvalue weighted by Crippen LogP contribution is 2.35. The second kappa shape index (κ2) is 4.50. The zero-order chi connectivity index (χ0) is 9.10. The van der Waals surface area contributed by atoms with Gasteiger partial charge in [0.05, 0.1) is 0 Å². The van der Waals surface area contributed by atoms with E-state index in [-0.39, 0.29) is 0 Å². The van der Waals surface area contributed by atoms with Gasteiger partial charge in [-0.05, 0) is 24.7 Å². The van der Waals surface area contributed by atoms with Gasteiger partial charge in [0.1, 0.15) is 0 Å². The molecule has 1 nitrogen and oxygen atoms in total. The second-order valence-electron chi connectivity index (χ2n) is 4.87. The zero-order valence-corrected chi connectivity index (χ0v) is 8.89. The SMILES string of the molecule is CCCCCB1C2CCCC1NC2. The van der Waals surface area contributed by atoms with Crippen molar-refractivity contribution < 1.29 is 0 Å². The molecule has 2 aliphatic rings. The fourth-order valence-electron chi connectivity index (χ4n) is 3.23. The molecule has 2 unspecified atom stereocenters. The summed E-state index contributed by atoms with van der Waals surface area (Å²) in [5.74, 6) is 1.94. The monoisotopic (exact) mass is 179 g/mol. The molecule has 0 aromatic carbocycles. The van der Waals surface area contributed by atoms with E-state index in [1.807, 2.05) is 0 Å². The molecule has 2 atom stereocenters. The molecule has 13 heavy (non-hydrogen) atoms. The lowest BCUT2D eigenvalue weighted by atomic mass is 9.33. The lowest BCUT2D eigenvalue weighted by molar-refractivity contribution is 0.621. The fourth-order valence-corrected chi connectivity index (χ4v) is 3.23. The Kier molecular flexibility index (Phi) is 3.31. The molecule has 0 aliphatic carbocycles. The van der Waals surface area contributed by atoms with Crippen LogP contribution >= 0.6 is 0 Å². The molecular formula is C11H22BN. The summed E-state index contributed by atoms with van der Waals surface area (Å²) >= 11 is 0. The average molecular weight is 179 g/mol. The van der Waals surface area contributed by atoms with E-state index in [1.165, 1.54) is 51.4 Å². The standard InChI is InChI=1S/C11H22BN/c1-2-3-4-8-12-10-6-5-7-11(12)13-9-10/h10-11,13H,2-9H2,1H3. The van der Waals surface area contributed by atoms with Crippen LogP contribution in [0.1, 0.15) is 45.4 Å². The van der Waals surface area contributed by atoms with Crippen LogP contribution < -0.4 is 5.32 Å². The van der Waals surface area contributed by atoms with Gasteiger partial charge >= 0.3 is 0 Å². The predicted octanol–water partition coefficient (Wildman–Crippen LogP) is 2.74. The van der Waals surface area contributed by atoms with Gasteiger partial charge in [-0.15, -0.1) is 0 Å². The van der Waals surface area contributed by atoms with Gasteiger partial charge in [0.2, 0.25) is 0 Å². The van der Waals surface area contributed by atoms with Crippen LogP contribution in [0.25, 0.3) is 0 Å². The Morgan fingerprint density at radius 2 is 2.23 bits per heavy atom. The summed E-state index contributed by atoms with van der Waals surface area (Å²) in [6.07, 6.45) is 10.2. The molecule has 0 amide bonds. The average Bonchev–Trinajstić information content (AvgIpc) is 2.38. The van der Waals surface area contributed by atoms with Gasteiger partial charge in [0, 0.05) is 0 Å². The molecule has 0 spiro atoms. The summed E-state index contributed by atoms with van der Waals surface area (Å²) in [4.78, 5) is 0. The summed E-state index contributed by atoms with van der Waals surface area (Å²) in [5.41, 5.74) is 0. The summed E-state index contributed by atoms with van der Waals surface area (Å²) in [5, 5.41) is 3.70. The van der Waals surface area contributed by atoms with E-state index >= 15 is 0 Å². The first kappa shape index (κ1) is 9.58. The highest BCUT2D eigenvalue weighted by molar-refractivity contribution is 6.63. The molecule has 74 valence electrons. The van der Waals surface area contributed by atoms with Crippen molar-refractivity contribution in [3.63, 3.8) is 0 Å². The summed E-state index contributed by atoms with van der Waals surface area (Å²) < 4.78 is 0. The number of hydrogen-bond donors (Lipinski definition) is 1. The maximum Gasteiger partial charge on any atom is 0.164 e. The van der Waals surface area contributed by atoms with Crippen LogP contribution in [-0.4, -0.2) is 19.2 Å². The Morgan fingerprint density at radius 1 is 1.31 bits per heavy atom. The molecule has 2 rings (SSSR count). The Morgan fingerprint density at radius 3 is 3.00 bits per heavy atom. The lowest BCUT2D eigenvalue weighted by Crippen LogP contribution is -2.37. The quantitative estimate of drug-likeness (QED) is 0.516. The molecule has 0 aromatic heterocycles.